The molecule has 0 unspecified atom stereocenters. The van der Waals surface area contributed by atoms with Crippen LogP contribution in [0.1, 0.15) is 13.8 Å². The molecule has 0 spiro atoms. The Labute approximate surface area is 96.1 Å². The van der Waals surface area contributed by atoms with Gasteiger partial charge in [-0.05, 0) is 13.8 Å². The summed E-state index contributed by atoms with van der Waals surface area (Å²) in [5.74, 6) is -3.59. The topological polar surface area (TPSA) is 61.6 Å². The van der Waals surface area contributed by atoms with Crippen molar-refractivity contribution in [3.8, 4) is 11.5 Å². The van der Waals surface area contributed by atoms with E-state index in [2.05, 4.69) is 0 Å². The van der Waals surface area contributed by atoms with Crippen molar-refractivity contribution in [1.29, 1.82) is 0 Å². The number of rotatable bonds is 5. The molecule has 17 heavy (non-hydrogen) atoms. The smallest absolute Gasteiger partial charge is 0.317 e. The zero-order chi connectivity index (χ0) is 13.0. The maximum atomic E-state index is 13.7. The van der Waals surface area contributed by atoms with Crippen LogP contribution in [-0.2, 0) is 0 Å². The van der Waals surface area contributed by atoms with E-state index in [1.54, 1.807) is 6.92 Å². The first-order valence-corrected chi connectivity index (χ1v) is 4.94. The Morgan fingerprint density at radius 3 is 2.24 bits per heavy atom. The lowest BCUT2D eigenvalue weighted by atomic mass is 10.2. The van der Waals surface area contributed by atoms with E-state index in [-0.39, 0.29) is 13.2 Å². The van der Waals surface area contributed by atoms with Gasteiger partial charge in [0.05, 0.1) is 24.2 Å². The monoisotopic (exact) mass is 247 g/mol. The first-order chi connectivity index (χ1) is 8.02. The fourth-order valence-electron chi connectivity index (χ4n) is 1.27. The fraction of sp³-hybridized carbons (Fsp3) is 0.400. The number of nitro groups is 1. The van der Waals surface area contributed by atoms with Gasteiger partial charge in [-0.15, -0.1) is 0 Å². The second-order valence-electron chi connectivity index (χ2n) is 2.97. The summed E-state index contributed by atoms with van der Waals surface area (Å²) >= 11 is 0. The quantitative estimate of drug-likeness (QED) is 0.592. The summed E-state index contributed by atoms with van der Waals surface area (Å²) < 4.78 is 36.6. The second-order valence-corrected chi connectivity index (χ2v) is 2.97. The molecule has 0 heterocycles. The Morgan fingerprint density at radius 2 is 1.76 bits per heavy atom. The number of hydrogen-bond acceptors (Lipinski definition) is 4. The fourth-order valence-corrected chi connectivity index (χ4v) is 1.27. The van der Waals surface area contributed by atoms with E-state index >= 15 is 0 Å². The van der Waals surface area contributed by atoms with Gasteiger partial charge in [0, 0.05) is 0 Å². The van der Waals surface area contributed by atoms with Gasteiger partial charge in [0.1, 0.15) is 0 Å². The SMILES string of the molecule is CCOc1c(F)cc([N+](=O)[O-])c(OCC)c1F. The lowest BCUT2D eigenvalue weighted by Crippen LogP contribution is -2.05. The molecule has 0 aromatic heterocycles. The van der Waals surface area contributed by atoms with Crippen molar-refractivity contribution in [3.05, 3.63) is 27.8 Å². The van der Waals surface area contributed by atoms with Gasteiger partial charge in [0.25, 0.3) is 0 Å². The summed E-state index contributed by atoms with van der Waals surface area (Å²) in [6.45, 7) is 3.14. The zero-order valence-electron chi connectivity index (χ0n) is 9.33. The maximum Gasteiger partial charge on any atom is 0.317 e. The van der Waals surface area contributed by atoms with Crippen LogP contribution >= 0.6 is 0 Å². The molecule has 0 saturated carbocycles. The third-order valence-corrected chi connectivity index (χ3v) is 1.89. The van der Waals surface area contributed by atoms with Crippen molar-refractivity contribution in [2.45, 2.75) is 13.8 Å². The summed E-state index contributed by atoms with van der Waals surface area (Å²) in [6, 6.07) is 0.582. The summed E-state index contributed by atoms with van der Waals surface area (Å²) in [5.41, 5.74) is -0.759. The van der Waals surface area contributed by atoms with Crippen LogP contribution in [0.2, 0.25) is 0 Å². The van der Waals surface area contributed by atoms with Crippen LogP contribution < -0.4 is 9.47 Å². The van der Waals surface area contributed by atoms with Gasteiger partial charge in [-0.2, -0.15) is 4.39 Å². The molecule has 0 saturated heterocycles. The van der Waals surface area contributed by atoms with Crippen LogP contribution in [0, 0.1) is 21.7 Å². The minimum atomic E-state index is -1.19. The number of nitro benzene ring substituents is 1. The van der Waals surface area contributed by atoms with E-state index in [1.165, 1.54) is 6.92 Å². The third-order valence-electron chi connectivity index (χ3n) is 1.89. The molecule has 0 bridgehead atoms. The molecule has 0 amide bonds. The summed E-state index contributed by atoms with van der Waals surface area (Å²) in [7, 11) is 0. The number of hydrogen-bond donors (Lipinski definition) is 0. The van der Waals surface area contributed by atoms with Crippen LogP contribution in [0.25, 0.3) is 0 Å². The lowest BCUT2D eigenvalue weighted by Gasteiger charge is -2.10. The van der Waals surface area contributed by atoms with E-state index in [0.29, 0.717) is 6.07 Å². The largest absolute Gasteiger partial charge is 0.488 e. The van der Waals surface area contributed by atoms with Crippen LogP contribution in [0.4, 0.5) is 14.5 Å². The Hall–Kier alpha value is -1.92. The van der Waals surface area contributed by atoms with Gasteiger partial charge in [-0.3, -0.25) is 10.1 Å². The first-order valence-electron chi connectivity index (χ1n) is 4.94. The first kappa shape index (κ1) is 13.1. The minimum absolute atomic E-state index is 0.0228. The van der Waals surface area contributed by atoms with Gasteiger partial charge >= 0.3 is 5.69 Å². The number of benzene rings is 1. The van der Waals surface area contributed by atoms with E-state index < -0.39 is 33.7 Å². The minimum Gasteiger partial charge on any atom is -0.488 e. The molecule has 1 aromatic rings. The summed E-state index contributed by atoms with van der Waals surface area (Å²) in [4.78, 5) is 9.71. The highest BCUT2D eigenvalue weighted by Gasteiger charge is 2.27. The average molecular weight is 247 g/mol. The highest BCUT2D eigenvalue weighted by Crippen LogP contribution is 2.38. The normalized spacial score (nSPS) is 10.1. The molecule has 1 aromatic carbocycles. The molecule has 0 aliphatic rings. The molecule has 1 rings (SSSR count). The predicted octanol–water partition coefficient (Wildman–Crippen LogP) is 2.67. The van der Waals surface area contributed by atoms with Gasteiger partial charge in [-0.1, -0.05) is 0 Å². The van der Waals surface area contributed by atoms with Gasteiger partial charge in [0.2, 0.25) is 11.6 Å². The summed E-state index contributed by atoms with van der Waals surface area (Å²) in [5, 5.41) is 10.6. The van der Waals surface area contributed by atoms with E-state index in [4.69, 9.17) is 9.47 Å². The van der Waals surface area contributed by atoms with Gasteiger partial charge in [-0.25, -0.2) is 4.39 Å². The predicted molar refractivity (Wildman–Crippen MR) is 55.4 cm³/mol. The molecular weight excluding hydrogens is 236 g/mol. The molecule has 0 atom stereocenters. The Bertz CT molecular complexity index is 437. The molecule has 7 heteroatoms. The molecule has 5 nitrogen and oxygen atoms in total. The Kier molecular flexibility index (Phi) is 4.19. The molecule has 94 valence electrons. The average Bonchev–Trinajstić information content (AvgIpc) is 2.27. The number of halogens is 2. The van der Waals surface area contributed by atoms with E-state index in [9.17, 15) is 18.9 Å². The number of ether oxygens (including phenoxy) is 2. The standard InChI is InChI=1S/C10H11F2NO4/c1-3-16-9-6(11)5-7(13(14)15)10(8(9)12)17-4-2/h5H,3-4H2,1-2H3. The van der Waals surface area contributed by atoms with E-state index in [1.807, 2.05) is 0 Å². The summed E-state index contributed by atoms with van der Waals surface area (Å²) in [6.07, 6.45) is 0. The molecule has 0 N–H and O–H groups in total. The van der Waals surface area contributed by atoms with Gasteiger partial charge in [0.15, 0.2) is 11.6 Å². The maximum absolute atomic E-state index is 13.7. The molecule has 0 aliphatic carbocycles. The second kappa shape index (κ2) is 5.42. The Balaban J connectivity index is 3.40. The highest BCUT2D eigenvalue weighted by molar-refractivity contribution is 5.52. The van der Waals surface area contributed by atoms with Crippen molar-refractivity contribution in [1.82, 2.24) is 0 Å². The molecule has 0 aliphatic heterocycles. The number of nitrogens with zero attached hydrogens (tertiary/aromatic N) is 1. The molecular formula is C10H11F2NO4. The van der Waals surface area contributed by atoms with Crippen LogP contribution in [0.5, 0.6) is 11.5 Å². The van der Waals surface area contributed by atoms with Crippen molar-refractivity contribution < 1.29 is 23.2 Å². The molecule has 0 radical (unpaired) electrons. The lowest BCUT2D eigenvalue weighted by molar-refractivity contribution is -0.386. The van der Waals surface area contributed by atoms with Gasteiger partial charge < -0.3 is 9.47 Å². The van der Waals surface area contributed by atoms with Crippen molar-refractivity contribution in [2.75, 3.05) is 13.2 Å². The Morgan fingerprint density at radius 1 is 1.24 bits per heavy atom. The van der Waals surface area contributed by atoms with E-state index in [0.717, 1.165) is 0 Å². The van der Waals surface area contributed by atoms with Crippen molar-refractivity contribution >= 4 is 5.69 Å². The third kappa shape index (κ3) is 2.61. The van der Waals surface area contributed by atoms with Crippen molar-refractivity contribution in [3.63, 3.8) is 0 Å². The zero-order valence-corrected chi connectivity index (χ0v) is 9.33. The van der Waals surface area contributed by atoms with Crippen LogP contribution in [0.15, 0.2) is 6.07 Å². The van der Waals surface area contributed by atoms with Crippen LogP contribution in [-0.4, -0.2) is 18.1 Å². The molecule has 0 fully saturated rings. The highest BCUT2D eigenvalue weighted by atomic mass is 19.1. The van der Waals surface area contributed by atoms with Crippen molar-refractivity contribution in [2.24, 2.45) is 0 Å². The van der Waals surface area contributed by atoms with Crippen LogP contribution in [0.3, 0.4) is 0 Å².